The normalized spacial score (nSPS) is 21.3. The van der Waals surface area contributed by atoms with Gasteiger partial charge in [0, 0.05) is 47.8 Å². The number of nitrogens with one attached hydrogen (secondary N) is 1. The summed E-state index contributed by atoms with van der Waals surface area (Å²) in [4.78, 5) is 8.93. The van der Waals surface area contributed by atoms with Crippen LogP contribution in [0, 0.1) is 18.3 Å². The van der Waals surface area contributed by atoms with E-state index in [4.69, 9.17) is 15.9 Å². The largest absolute Gasteiger partial charge is 0.383 e. The molecule has 3 N–H and O–H groups in total. The van der Waals surface area contributed by atoms with Crippen LogP contribution in [0.4, 0.5) is 0 Å². The molecule has 1 aliphatic heterocycles. The van der Waals surface area contributed by atoms with Gasteiger partial charge in [-0.15, -0.1) is 0 Å². The first-order valence-corrected chi connectivity index (χ1v) is 9.98. The maximum absolute atomic E-state index is 8.78. The highest BCUT2D eigenvalue weighted by molar-refractivity contribution is 6.12. The zero-order chi connectivity index (χ0) is 20.1. The molecule has 3 unspecified atom stereocenters. The Morgan fingerprint density at radius 3 is 2.79 bits per heavy atom. The fourth-order valence-corrected chi connectivity index (χ4v) is 3.75. The second-order valence-corrected chi connectivity index (χ2v) is 7.71. The highest BCUT2D eigenvalue weighted by Crippen LogP contribution is 2.24. The highest BCUT2D eigenvalue weighted by atomic mass is 16.5. The third kappa shape index (κ3) is 4.84. The molecule has 1 aliphatic rings. The van der Waals surface area contributed by atoms with Crippen molar-refractivity contribution in [2.75, 3.05) is 13.2 Å². The molecule has 0 aliphatic carbocycles. The third-order valence-electron chi connectivity index (χ3n) is 5.46. The number of aromatic nitrogens is 1. The topological polar surface area (TPSA) is 84.4 Å². The van der Waals surface area contributed by atoms with E-state index in [9.17, 15) is 0 Å². The molecule has 1 aromatic heterocycles. The van der Waals surface area contributed by atoms with Crippen LogP contribution in [0.3, 0.4) is 0 Å². The summed E-state index contributed by atoms with van der Waals surface area (Å²) < 4.78 is 5.61. The Bertz CT molecular complexity index is 861. The third-order valence-corrected chi connectivity index (χ3v) is 5.46. The lowest BCUT2D eigenvalue weighted by atomic mass is 9.89. The van der Waals surface area contributed by atoms with Gasteiger partial charge in [-0.2, -0.15) is 0 Å². The molecule has 2 aromatic rings. The molecular formula is C23H30N4O. The molecule has 0 amide bonds. The number of pyridine rings is 1. The molecule has 1 saturated heterocycles. The summed E-state index contributed by atoms with van der Waals surface area (Å²) in [5.41, 5.74) is 10.6. The predicted octanol–water partition coefficient (Wildman–Crippen LogP) is 4.08. The fraction of sp³-hybridized carbons (Fsp3) is 0.435. The van der Waals surface area contributed by atoms with Crippen molar-refractivity contribution in [3.8, 4) is 0 Å². The summed E-state index contributed by atoms with van der Waals surface area (Å²) in [6.07, 6.45) is 4.13. The number of hydrogen-bond donors (Lipinski definition) is 2. The van der Waals surface area contributed by atoms with E-state index in [2.05, 4.69) is 16.9 Å². The van der Waals surface area contributed by atoms with Gasteiger partial charge < -0.3 is 15.9 Å². The summed E-state index contributed by atoms with van der Waals surface area (Å²) in [5, 5.41) is 8.78. The maximum atomic E-state index is 8.78. The molecule has 0 bridgehead atoms. The van der Waals surface area contributed by atoms with Gasteiger partial charge in [0.15, 0.2) is 0 Å². The van der Waals surface area contributed by atoms with E-state index in [-0.39, 0.29) is 5.92 Å². The molecule has 1 fully saturated rings. The van der Waals surface area contributed by atoms with Crippen molar-refractivity contribution in [2.45, 2.75) is 45.6 Å². The number of nitrogens with zero attached hydrogens (tertiary/aromatic N) is 2. The quantitative estimate of drug-likeness (QED) is 0.587. The zero-order valence-corrected chi connectivity index (χ0v) is 17.0. The summed E-state index contributed by atoms with van der Waals surface area (Å²) in [5.74, 6) is 0.970. The van der Waals surface area contributed by atoms with Gasteiger partial charge in [0.25, 0.3) is 0 Å². The van der Waals surface area contributed by atoms with Gasteiger partial charge in [0.2, 0.25) is 0 Å². The molecule has 3 rings (SSSR count). The summed E-state index contributed by atoms with van der Waals surface area (Å²) in [6, 6.07) is 11.8. The smallest absolute Gasteiger partial charge is 0.126 e. The van der Waals surface area contributed by atoms with Crippen LogP contribution in [0.25, 0.3) is 0 Å². The van der Waals surface area contributed by atoms with Crippen molar-refractivity contribution in [3.05, 3.63) is 65.0 Å². The Balaban J connectivity index is 1.80. The van der Waals surface area contributed by atoms with Crippen LogP contribution in [0.5, 0.6) is 0 Å². The lowest BCUT2D eigenvalue weighted by Crippen LogP contribution is -2.26. The summed E-state index contributed by atoms with van der Waals surface area (Å²) in [7, 11) is 0. The van der Waals surface area contributed by atoms with Crippen molar-refractivity contribution < 1.29 is 4.74 Å². The fourth-order valence-electron chi connectivity index (χ4n) is 3.75. The number of aliphatic imine (C=N–C) groups is 1. The molecule has 28 heavy (non-hydrogen) atoms. The number of hydrogen-bond acceptors (Lipinski definition) is 4. The Morgan fingerprint density at radius 1 is 1.32 bits per heavy atom. The van der Waals surface area contributed by atoms with Gasteiger partial charge in [0.1, 0.15) is 5.84 Å². The second-order valence-electron chi connectivity index (χ2n) is 7.71. The first kappa shape index (κ1) is 20.2. The monoisotopic (exact) mass is 378 g/mol. The average Bonchev–Trinajstić information content (AvgIpc) is 2.71. The molecule has 0 spiro atoms. The minimum atomic E-state index is -0.0491. The number of rotatable bonds is 6. The molecule has 1 aromatic carbocycles. The molecule has 0 saturated carbocycles. The van der Waals surface area contributed by atoms with Crippen molar-refractivity contribution in [1.82, 2.24) is 4.98 Å². The highest BCUT2D eigenvalue weighted by Gasteiger charge is 2.20. The van der Waals surface area contributed by atoms with E-state index >= 15 is 0 Å². The average molecular weight is 379 g/mol. The van der Waals surface area contributed by atoms with E-state index in [0.717, 1.165) is 41.8 Å². The van der Waals surface area contributed by atoms with E-state index in [0.29, 0.717) is 30.1 Å². The van der Waals surface area contributed by atoms with Gasteiger partial charge in [-0.25, -0.2) is 0 Å². The standard InChI is InChI=1S/C23H30N4O/c1-15-12-19(8-10-26-15)17(3)22(24)20-6-4-5-7-21(20)23(25)27-14-18-9-11-28-16(2)13-18/h4-8,10,12,16-18,24H,9,11,13-14H2,1-3H3,(H2,25,27). The van der Waals surface area contributed by atoms with Crippen LogP contribution in [0.15, 0.2) is 47.6 Å². The van der Waals surface area contributed by atoms with Gasteiger partial charge in [0.05, 0.1) is 6.10 Å². The number of benzene rings is 1. The van der Waals surface area contributed by atoms with Crippen LogP contribution in [-0.2, 0) is 4.74 Å². The van der Waals surface area contributed by atoms with Crippen molar-refractivity contribution in [2.24, 2.45) is 16.6 Å². The predicted molar refractivity (Wildman–Crippen MR) is 114 cm³/mol. The van der Waals surface area contributed by atoms with Gasteiger partial charge in [-0.05, 0) is 50.3 Å². The van der Waals surface area contributed by atoms with Crippen molar-refractivity contribution in [3.63, 3.8) is 0 Å². The zero-order valence-electron chi connectivity index (χ0n) is 17.0. The minimum Gasteiger partial charge on any atom is -0.383 e. The molecular weight excluding hydrogens is 348 g/mol. The number of nitrogens with two attached hydrogens (primary N) is 1. The van der Waals surface area contributed by atoms with Gasteiger partial charge in [-0.3, -0.25) is 9.98 Å². The SMILES string of the molecule is Cc1cc(C(C)C(=N)c2ccccc2C(N)=NCC2CCOC(C)C2)ccn1. The molecule has 0 radical (unpaired) electrons. The summed E-state index contributed by atoms with van der Waals surface area (Å²) in [6.45, 7) is 7.63. The molecule has 3 atom stereocenters. The molecule has 2 heterocycles. The second kappa shape index (κ2) is 9.11. The molecule has 5 nitrogen and oxygen atoms in total. The first-order chi connectivity index (χ1) is 13.5. The Kier molecular flexibility index (Phi) is 6.57. The number of amidine groups is 1. The molecule has 5 heteroatoms. The van der Waals surface area contributed by atoms with Crippen LogP contribution in [0.2, 0.25) is 0 Å². The van der Waals surface area contributed by atoms with Gasteiger partial charge >= 0.3 is 0 Å². The summed E-state index contributed by atoms with van der Waals surface area (Å²) >= 11 is 0. The van der Waals surface area contributed by atoms with Crippen molar-refractivity contribution >= 4 is 11.5 Å². The van der Waals surface area contributed by atoms with Crippen molar-refractivity contribution in [1.29, 1.82) is 5.41 Å². The Morgan fingerprint density at radius 2 is 2.07 bits per heavy atom. The van der Waals surface area contributed by atoms with Crippen LogP contribution in [-0.4, -0.2) is 35.8 Å². The van der Waals surface area contributed by atoms with Crippen LogP contribution >= 0.6 is 0 Å². The first-order valence-electron chi connectivity index (χ1n) is 9.98. The van der Waals surface area contributed by atoms with E-state index in [1.165, 1.54) is 0 Å². The Hall–Kier alpha value is -2.53. The lowest BCUT2D eigenvalue weighted by molar-refractivity contribution is 0.00483. The minimum absolute atomic E-state index is 0.0491. The van der Waals surface area contributed by atoms with Gasteiger partial charge in [-0.1, -0.05) is 31.2 Å². The van der Waals surface area contributed by atoms with Crippen LogP contribution in [0.1, 0.15) is 55.0 Å². The Labute approximate surface area is 167 Å². The van der Waals surface area contributed by atoms with E-state index in [1.54, 1.807) is 6.20 Å². The molecule has 148 valence electrons. The van der Waals surface area contributed by atoms with E-state index in [1.807, 2.05) is 50.2 Å². The number of ether oxygens (including phenoxy) is 1. The maximum Gasteiger partial charge on any atom is 0.126 e. The van der Waals surface area contributed by atoms with E-state index < -0.39 is 0 Å². The lowest BCUT2D eigenvalue weighted by Gasteiger charge is -2.26. The number of aryl methyl sites for hydroxylation is 1. The van der Waals surface area contributed by atoms with Crippen LogP contribution < -0.4 is 5.73 Å².